The molecule has 1 heterocycles. The van der Waals surface area contributed by atoms with Crippen LogP contribution in [0.25, 0.3) is 6.08 Å². The van der Waals surface area contributed by atoms with Crippen LogP contribution in [0.15, 0.2) is 51.6 Å². The maximum absolute atomic E-state index is 12.6. The average Bonchev–Trinajstić information content (AvgIpc) is 2.68. The van der Waals surface area contributed by atoms with Crippen LogP contribution in [0.1, 0.15) is 15.9 Å². The van der Waals surface area contributed by atoms with Crippen molar-refractivity contribution in [1.29, 1.82) is 5.26 Å². The number of nitrogens with two attached hydrogens (primary N) is 1. The Morgan fingerprint density at radius 2 is 1.89 bits per heavy atom. The van der Waals surface area contributed by atoms with Gasteiger partial charge in [0.25, 0.3) is 5.56 Å². The van der Waals surface area contributed by atoms with Crippen LogP contribution in [0, 0.1) is 11.3 Å². The van der Waals surface area contributed by atoms with Crippen molar-refractivity contribution in [1.82, 2.24) is 9.13 Å². The highest BCUT2D eigenvalue weighted by Crippen LogP contribution is 2.19. The SMILES string of the molecule is COc1ccccc1/C=C/C=C(\C#N)C(=O)c1c(N)n(C)c(=O)n(C)c1=O. The van der Waals surface area contributed by atoms with E-state index in [0.717, 1.165) is 14.7 Å². The van der Waals surface area contributed by atoms with Crippen molar-refractivity contribution in [3.8, 4) is 11.8 Å². The smallest absolute Gasteiger partial charge is 0.332 e. The Hall–Kier alpha value is -3.86. The fourth-order valence-corrected chi connectivity index (χ4v) is 2.42. The van der Waals surface area contributed by atoms with E-state index in [-0.39, 0.29) is 11.4 Å². The minimum atomic E-state index is -0.851. The number of carbonyl (C=O) groups excluding carboxylic acids is 1. The summed E-state index contributed by atoms with van der Waals surface area (Å²) < 4.78 is 6.97. The quantitative estimate of drug-likeness (QED) is 0.365. The minimum absolute atomic E-state index is 0.288. The van der Waals surface area contributed by atoms with Gasteiger partial charge in [-0.3, -0.25) is 18.7 Å². The molecule has 2 aromatic rings. The molecule has 0 aliphatic heterocycles. The zero-order valence-corrected chi connectivity index (χ0v) is 15.1. The van der Waals surface area contributed by atoms with Gasteiger partial charge < -0.3 is 10.5 Å². The summed E-state index contributed by atoms with van der Waals surface area (Å²) >= 11 is 0. The monoisotopic (exact) mass is 366 g/mol. The summed E-state index contributed by atoms with van der Waals surface area (Å²) in [6, 6.07) is 8.97. The summed E-state index contributed by atoms with van der Waals surface area (Å²) in [7, 11) is 4.11. The number of ether oxygens (including phenoxy) is 1. The predicted octanol–water partition coefficient (Wildman–Crippen LogP) is 1.02. The molecule has 0 radical (unpaired) electrons. The van der Waals surface area contributed by atoms with Gasteiger partial charge in [-0.25, -0.2) is 4.79 Å². The first-order chi connectivity index (χ1) is 12.8. The van der Waals surface area contributed by atoms with E-state index in [2.05, 4.69) is 0 Å². The molecule has 1 aromatic carbocycles. The van der Waals surface area contributed by atoms with E-state index in [9.17, 15) is 19.6 Å². The number of carbonyl (C=O) groups is 1. The summed E-state index contributed by atoms with van der Waals surface area (Å²) in [5.41, 5.74) is 4.29. The van der Waals surface area contributed by atoms with E-state index < -0.39 is 22.6 Å². The molecule has 0 aliphatic carbocycles. The second-order valence-corrected chi connectivity index (χ2v) is 5.59. The molecule has 138 valence electrons. The molecule has 0 fully saturated rings. The molecule has 1 aromatic heterocycles. The molecule has 0 saturated heterocycles. The largest absolute Gasteiger partial charge is 0.496 e. The first-order valence-electron chi connectivity index (χ1n) is 7.85. The number of benzene rings is 1. The molecule has 2 N–H and O–H groups in total. The zero-order chi connectivity index (χ0) is 20.1. The van der Waals surface area contributed by atoms with E-state index in [1.54, 1.807) is 24.3 Å². The summed E-state index contributed by atoms with van der Waals surface area (Å²) in [6.07, 6.45) is 4.43. The number of hydrogen-bond donors (Lipinski definition) is 1. The van der Waals surface area contributed by atoms with Crippen molar-refractivity contribution in [2.24, 2.45) is 14.1 Å². The number of nitrogens with zero attached hydrogens (tertiary/aromatic N) is 3. The summed E-state index contributed by atoms with van der Waals surface area (Å²) in [5.74, 6) is -0.512. The number of anilines is 1. The molecule has 0 unspecified atom stereocenters. The average molecular weight is 366 g/mol. The number of methoxy groups -OCH3 is 1. The number of allylic oxidation sites excluding steroid dienone is 3. The fourth-order valence-electron chi connectivity index (χ4n) is 2.42. The van der Waals surface area contributed by atoms with Gasteiger partial charge in [0.05, 0.1) is 7.11 Å². The Morgan fingerprint density at radius 1 is 1.22 bits per heavy atom. The van der Waals surface area contributed by atoms with Gasteiger partial charge in [0.2, 0.25) is 5.78 Å². The Kier molecular flexibility index (Phi) is 5.78. The lowest BCUT2D eigenvalue weighted by molar-refractivity contribution is 0.103. The summed E-state index contributed by atoms with van der Waals surface area (Å²) in [4.78, 5) is 36.8. The van der Waals surface area contributed by atoms with Crippen molar-refractivity contribution in [3.05, 3.63) is 74.0 Å². The Bertz CT molecular complexity index is 1110. The van der Waals surface area contributed by atoms with Gasteiger partial charge in [-0.05, 0) is 12.1 Å². The van der Waals surface area contributed by atoms with Crippen LogP contribution < -0.4 is 21.7 Å². The van der Waals surface area contributed by atoms with Gasteiger partial charge in [-0.15, -0.1) is 0 Å². The van der Waals surface area contributed by atoms with Crippen LogP contribution in [-0.2, 0) is 14.1 Å². The molecule has 0 saturated carbocycles. The highest BCUT2D eigenvalue weighted by molar-refractivity contribution is 6.13. The highest BCUT2D eigenvalue weighted by atomic mass is 16.5. The van der Waals surface area contributed by atoms with E-state index in [1.165, 1.54) is 33.4 Å². The van der Waals surface area contributed by atoms with E-state index in [4.69, 9.17) is 10.5 Å². The van der Waals surface area contributed by atoms with Gasteiger partial charge in [-0.2, -0.15) is 5.26 Å². The molecule has 27 heavy (non-hydrogen) atoms. The molecule has 0 atom stereocenters. The van der Waals surface area contributed by atoms with Crippen LogP contribution in [0.3, 0.4) is 0 Å². The summed E-state index contributed by atoms with van der Waals surface area (Å²) in [5, 5.41) is 9.31. The number of Topliss-reactive ketones (excluding diaryl/α,β-unsaturated/α-hetero) is 1. The first-order valence-corrected chi connectivity index (χ1v) is 7.85. The van der Waals surface area contributed by atoms with Crippen molar-refractivity contribution >= 4 is 17.7 Å². The van der Waals surface area contributed by atoms with Crippen LogP contribution >= 0.6 is 0 Å². The number of rotatable bonds is 5. The predicted molar refractivity (Wildman–Crippen MR) is 101 cm³/mol. The highest BCUT2D eigenvalue weighted by Gasteiger charge is 2.22. The molecule has 2 rings (SSSR count). The van der Waals surface area contributed by atoms with Crippen molar-refractivity contribution < 1.29 is 9.53 Å². The molecule has 0 aliphatic rings. The van der Waals surface area contributed by atoms with Gasteiger partial charge in [-0.1, -0.05) is 30.4 Å². The third-order valence-corrected chi connectivity index (χ3v) is 3.98. The van der Waals surface area contributed by atoms with Gasteiger partial charge in [0.15, 0.2) is 0 Å². The van der Waals surface area contributed by atoms with Crippen molar-refractivity contribution in [2.75, 3.05) is 12.8 Å². The lowest BCUT2D eigenvalue weighted by Crippen LogP contribution is -2.41. The van der Waals surface area contributed by atoms with Crippen LogP contribution in [0.5, 0.6) is 5.75 Å². The molecular formula is C19H18N4O4. The number of aromatic nitrogens is 2. The van der Waals surface area contributed by atoms with Gasteiger partial charge in [0, 0.05) is 19.7 Å². The zero-order valence-electron chi connectivity index (χ0n) is 15.1. The van der Waals surface area contributed by atoms with Crippen molar-refractivity contribution in [2.45, 2.75) is 0 Å². The van der Waals surface area contributed by atoms with Crippen LogP contribution in [-0.4, -0.2) is 22.0 Å². The third-order valence-electron chi connectivity index (χ3n) is 3.98. The lowest BCUT2D eigenvalue weighted by Gasteiger charge is -2.10. The molecule has 0 spiro atoms. The maximum atomic E-state index is 12.6. The molecule has 8 nitrogen and oxygen atoms in total. The lowest BCUT2D eigenvalue weighted by atomic mass is 10.1. The van der Waals surface area contributed by atoms with E-state index in [0.29, 0.717) is 5.75 Å². The normalized spacial score (nSPS) is 11.4. The number of para-hydroxylation sites is 1. The fraction of sp³-hybridized carbons (Fsp3) is 0.158. The Morgan fingerprint density at radius 3 is 2.52 bits per heavy atom. The standard InChI is InChI=1S/C19H18N4O4/c1-22-17(21)15(18(25)23(2)19(22)26)16(24)13(11-20)9-6-8-12-7-4-5-10-14(12)27-3/h4-10H,21H2,1-3H3/b8-6+,13-9+. The number of hydrogen-bond acceptors (Lipinski definition) is 6. The molecular weight excluding hydrogens is 348 g/mol. The second-order valence-electron chi connectivity index (χ2n) is 5.59. The van der Waals surface area contributed by atoms with Crippen molar-refractivity contribution in [3.63, 3.8) is 0 Å². The molecule has 0 amide bonds. The Labute approximate surface area is 155 Å². The second kappa shape index (κ2) is 8.01. The van der Waals surface area contributed by atoms with Crippen LogP contribution in [0.4, 0.5) is 5.82 Å². The number of nitriles is 1. The van der Waals surface area contributed by atoms with Gasteiger partial charge >= 0.3 is 5.69 Å². The van der Waals surface area contributed by atoms with Crippen LogP contribution in [0.2, 0.25) is 0 Å². The number of nitrogen functional groups attached to an aromatic ring is 1. The summed E-state index contributed by atoms with van der Waals surface area (Å²) in [6.45, 7) is 0. The first kappa shape index (κ1) is 19.5. The minimum Gasteiger partial charge on any atom is -0.496 e. The third kappa shape index (κ3) is 3.72. The van der Waals surface area contributed by atoms with E-state index in [1.807, 2.05) is 12.1 Å². The topological polar surface area (TPSA) is 120 Å². The maximum Gasteiger partial charge on any atom is 0.332 e. The van der Waals surface area contributed by atoms with Gasteiger partial charge in [0.1, 0.15) is 28.8 Å². The molecule has 8 heteroatoms. The van der Waals surface area contributed by atoms with E-state index >= 15 is 0 Å². The number of ketones is 1. The molecule has 0 bridgehead atoms. The Balaban J connectivity index is 2.48.